The minimum absolute atomic E-state index is 0.836. The first-order valence-corrected chi connectivity index (χ1v) is 9.10. The first kappa shape index (κ1) is 13.8. The molecular weight excluding hydrogens is 260 g/mol. The van der Waals surface area contributed by atoms with Crippen LogP contribution in [0.3, 0.4) is 0 Å². The molecule has 1 aromatic rings. The summed E-state index contributed by atoms with van der Waals surface area (Å²) in [6, 6.07) is 0.836. The Morgan fingerprint density at radius 1 is 0.952 bits per heavy atom. The number of aryl methyl sites for hydroxylation is 1. The zero-order valence-corrected chi connectivity index (χ0v) is 13.1. The SMILES string of the molecule is C1CCC(CN(Cc2noc3c2CCCC3)C2CC2)CC1. The van der Waals surface area contributed by atoms with Crippen molar-refractivity contribution in [3.05, 3.63) is 17.0 Å². The van der Waals surface area contributed by atoms with Gasteiger partial charge in [0.1, 0.15) is 11.5 Å². The molecule has 2 saturated carbocycles. The lowest BCUT2D eigenvalue weighted by Gasteiger charge is -2.29. The average molecular weight is 288 g/mol. The van der Waals surface area contributed by atoms with Gasteiger partial charge in [-0.2, -0.15) is 0 Å². The number of hydrogen-bond donors (Lipinski definition) is 0. The molecule has 0 saturated heterocycles. The van der Waals surface area contributed by atoms with E-state index < -0.39 is 0 Å². The molecule has 0 amide bonds. The molecule has 1 aromatic heterocycles. The highest BCUT2D eigenvalue weighted by atomic mass is 16.5. The predicted molar refractivity (Wildman–Crippen MR) is 83.2 cm³/mol. The zero-order valence-electron chi connectivity index (χ0n) is 13.1. The second kappa shape index (κ2) is 6.12. The van der Waals surface area contributed by atoms with Crippen LogP contribution in [0.4, 0.5) is 0 Å². The first-order valence-electron chi connectivity index (χ1n) is 9.10. The van der Waals surface area contributed by atoms with Crippen molar-refractivity contribution in [2.75, 3.05) is 6.54 Å². The highest BCUT2D eigenvalue weighted by Gasteiger charge is 2.32. The molecule has 3 nitrogen and oxygen atoms in total. The van der Waals surface area contributed by atoms with Crippen molar-refractivity contribution >= 4 is 0 Å². The van der Waals surface area contributed by atoms with Crippen LogP contribution in [0.1, 0.15) is 74.8 Å². The summed E-state index contributed by atoms with van der Waals surface area (Å²) in [5, 5.41) is 4.42. The fraction of sp³-hybridized carbons (Fsp3) is 0.833. The van der Waals surface area contributed by atoms with Gasteiger partial charge in [-0.15, -0.1) is 0 Å². The maximum atomic E-state index is 5.60. The summed E-state index contributed by atoms with van der Waals surface area (Å²) in [7, 11) is 0. The molecule has 3 heteroatoms. The molecule has 0 aromatic carbocycles. The summed E-state index contributed by atoms with van der Waals surface area (Å²) in [5.41, 5.74) is 2.71. The quantitative estimate of drug-likeness (QED) is 0.817. The second-order valence-corrected chi connectivity index (χ2v) is 7.40. The van der Waals surface area contributed by atoms with Crippen LogP contribution in [-0.4, -0.2) is 22.6 Å². The topological polar surface area (TPSA) is 29.3 Å². The van der Waals surface area contributed by atoms with Crippen molar-refractivity contribution in [2.24, 2.45) is 5.92 Å². The fourth-order valence-corrected chi connectivity index (χ4v) is 4.25. The normalized spacial score (nSPS) is 23.5. The van der Waals surface area contributed by atoms with E-state index in [4.69, 9.17) is 4.52 Å². The largest absolute Gasteiger partial charge is 0.361 e. The molecular formula is C18H28N2O. The molecule has 0 unspecified atom stereocenters. The van der Waals surface area contributed by atoms with E-state index in [-0.39, 0.29) is 0 Å². The van der Waals surface area contributed by atoms with Crippen LogP contribution < -0.4 is 0 Å². The van der Waals surface area contributed by atoms with E-state index in [1.54, 1.807) is 0 Å². The Balaban J connectivity index is 1.43. The van der Waals surface area contributed by atoms with Crippen LogP contribution in [-0.2, 0) is 19.4 Å². The molecule has 4 rings (SSSR count). The standard InChI is InChI=1S/C18H28N2O/c1-2-6-14(7-3-1)12-20(15-10-11-15)13-17-16-8-4-5-9-18(16)21-19-17/h14-15H,1-13H2. The third kappa shape index (κ3) is 3.18. The maximum absolute atomic E-state index is 5.60. The van der Waals surface area contributed by atoms with Crippen molar-refractivity contribution in [2.45, 2.75) is 83.2 Å². The van der Waals surface area contributed by atoms with E-state index in [0.29, 0.717) is 0 Å². The van der Waals surface area contributed by atoms with Crippen LogP contribution in [0.2, 0.25) is 0 Å². The summed E-state index contributed by atoms with van der Waals surface area (Å²) >= 11 is 0. The van der Waals surface area contributed by atoms with Gasteiger partial charge in [0.25, 0.3) is 0 Å². The Hall–Kier alpha value is -0.830. The Morgan fingerprint density at radius 2 is 1.76 bits per heavy atom. The van der Waals surface area contributed by atoms with Crippen molar-refractivity contribution in [1.82, 2.24) is 10.1 Å². The number of nitrogens with zero attached hydrogens (tertiary/aromatic N) is 2. The van der Waals surface area contributed by atoms with Crippen molar-refractivity contribution in [3.8, 4) is 0 Å². The Morgan fingerprint density at radius 3 is 2.57 bits per heavy atom. The highest BCUT2D eigenvalue weighted by Crippen LogP contribution is 2.33. The number of hydrogen-bond acceptors (Lipinski definition) is 3. The molecule has 2 fully saturated rings. The van der Waals surface area contributed by atoms with Crippen LogP contribution in [0.25, 0.3) is 0 Å². The van der Waals surface area contributed by atoms with Gasteiger partial charge in [-0.25, -0.2) is 0 Å². The summed E-state index contributed by atoms with van der Waals surface area (Å²) in [6.07, 6.45) is 14.9. The lowest BCUT2D eigenvalue weighted by Crippen LogP contribution is -2.32. The number of fused-ring (bicyclic) bond motifs is 1. The second-order valence-electron chi connectivity index (χ2n) is 7.40. The van der Waals surface area contributed by atoms with Crippen molar-refractivity contribution in [3.63, 3.8) is 0 Å². The molecule has 3 aliphatic carbocycles. The van der Waals surface area contributed by atoms with Crippen molar-refractivity contribution in [1.29, 1.82) is 0 Å². The number of rotatable bonds is 5. The minimum Gasteiger partial charge on any atom is -0.361 e. The van der Waals surface area contributed by atoms with Crippen LogP contribution in [0.15, 0.2) is 4.52 Å². The number of aromatic nitrogens is 1. The molecule has 21 heavy (non-hydrogen) atoms. The van der Waals surface area contributed by atoms with Gasteiger partial charge in [0, 0.05) is 31.1 Å². The Labute approximate surface area is 128 Å². The van der Waals surface area contributed by atoms with Gasteiger partial charge in [-0.05, 0) is 50.9 Å². The van der Waals surface area contributed by atoms with Crippen LogP contribution >= 0.6 is 0 Å². The molecule has 3 aliphatic rings. The van der Waals surface area contributed by atoms with Gasteiger partial charge < -0.3 is 4.52 Å². The molecule has 0 aliphatic heterocycles. The molecule has 0 N–H and O–H groups in total. The minimum atomic E-state index is 0.836. The smallest absolute Gasteiger partial charge is 0.140 e. The van der Waals surface area contributed by atoms with E-state index in [1.807, 2.05) is 0 Å². The molecule has 116 valence electrons. The van der Waals surface area contributed by atoms with E-state index in [1.165, 1.54) is 87.8 Å². The third-order valence-corrected chi connectivity index (χ3v) is 5.67. The Kier molecular flexibility index (Phi) is 4.02. The lowest BCUT2D eigenvalue weighted by atomic mass is 9.88. The zero-order chi connectivity index (χ0) is 14.1. The third-order valence-electron chi connectivity index (χ3n) is 5.67. The molecule has 0 radical (unpaired) electrons. The maximum Gasteiger partial charge on any atom is 0.140 e. The monoisotopic (exact) mass is 288 g/mol. The first-order chi connectivity index (χ1) is 10.4. The van der Waals surface area contributed by atoms with E-state index >= 15 is 0 Å². The van der Waals surface area contributed by atoms with Gasteiger partial charge in [0.2, 0.25) is 0 Å². The van der Waals surface area contributed by atoms with Gasteiger partial charge in [-0.3, -0.25) is 4.90 Å². The molecule has 0 bridgehead atoms. The predicted octanol–water partition coefficient (Wildman–Crippen LogP) is 4.10. The average Bonchev–Trinajstić information content (AvgIpc) is 3.30. The van der Waals surface area contributed by atoms with E-state index in [9.17, 15) is 0 Å². The van der Waals surface area contributed by atoms with Gasteiger partial charge in [-0.1, -0.05) is 24.4 Å². The summed E-state index contributed by atoms with van der Waals surface area (Å²) in [6.45, 7) is 2.34. The summed E-state index contributed by atoms with van der Waals surface area (Å²) in [4.78, 5) is 2.72. The Bertz CT molecular complexity index is 472. The summed E-state index contributed by atoms with van der Waals surface area (Å²) in [5.74, 6) is 2.12. The van der Waals surface area contributed by atoms with Crippen LogP contribution in [0, 0.1) is 5.92 Å². The van der Waals surface area contributed by atoms with Crippen LogP contribution in [0.5, 0.6) is 0 Å². The van der Waals surface area contributed by atoms with E-state index in [0.717, 1.165) is 24.9 Å². The van der Waals surface area contributed by atoms with Gasteiger partial charge >= 0.3 is 0 Å². The van der Waals surface area contributed by atoms with E-state index in [2.05, 4.69) is 10.1 Å². The highest BCUT2D eigenvalue weighted by molar-refractivity contribution is 5.25. The van der Waals surface area contributed by atoms with Gasteiger partial charge in [0.15, 0.2) is 0 Å². The molecule has 0 atom stereocenters. The lowest BCUT2D eigenvalue weighted by molar-refractivity contribution is 0.181. The van der Waals surface area contributed by atoms with Gasteiger partial charge in [0.05, 0.1) is 0 Å². The molecule has 1 heterocycles. The fourth-order valence-electron chi connectivity index (χ4n) is 4.25. The van der Waals surface area contributed by atoms with Crippen molar-refractivity contribution < 1.29 is 4.52 Å². The molecule has 0 spiro atoms. The summed E-state index contributed by atoms with van der Waals surface area (Å²) < 4.78 is 5.60.